The Morgan fingerprint density at radius 1 is 0.905 bits per heavy atom. The predicted molar refractivity (Wildman–Crippen MR) is 158 cm³/mol. The molecular weight excluding hydrogens is 540 g/mol. The normalized spacial score (nSPS) is 17.3. The molecule has 5 N–H and O–H groups in total. The molecule has 11 nitrogen and oxygen atoms in total. The number of aliphatic hydroxyl groups is 2. The Hall–Kier alpha value is -3.51. The van der Waals surface area contributed by atoms with Gasteiger partial charge in [0.05, 0.1) is 39.0 Å². The van der Waals surface area contributed by atoms with Crippen molar-refractivity contribution < 1.29 is 34.1 Å². The van der Waals surface area contributed by atoms with Crippen molar-refractivity contribution >= 4 is 17.7 Å². The van der Waals surface area contributed by atoms with Crippen LogP contribution in [0.3, 0.4) is 0 Å². The minimum atomic E-state index is -1.03. The molecule has 42 heavy (non-hydrogen) atoms. The van der Waals surface area contributed by atoms with E-state index in [0.717, 1.165) is 11.1 Å². The summed E-state index contributed by atoms with van der Waals surface area (Å²) in [6.07, 6.45) is -0.537. The molecule has 1 aliphatic rings. The highest BCUT2D eigenvalue weighted by atomic mass is 16.5. The van der Waals surface area contributed by atoms with E-state index in [9.17, 15) is 24.6 Å². The molecule has 0 aromatic heterocycles. The molecule has 1 saturated heterocycles. The number of carbonyl (C=O) groups excluding carboxylic acids is 3. The van der Waals surface area contributed by atoms with Gasteiger partial charge in [0.2, 0.25) is 17.7 Å². The van der Waals surface area contributed by atoms with E-state index in [1.165, 1.54) is 0 Å². The number of hydrogen-bond donors (Lipinski definition) is 5. The Kier molecular flexibility index (Phi) is 13.2. The summed E-state index contributed by atoms with van der Waals surface area (Å²) in [4.78, 5) is 41.4. The summed E-state index contributed by atoms with van der Waals surface area (Å²) in [7, 11) is 1.56. The zero-order valence-electron chi connectivity index (χ0n) is 24.6. The number of methoxy groups -OCH3 is 1. The maximum atomic E-state index is 13.7. The molecule has 11 heteroatoms. The molecular formula is C31H44N4O7. The van der Waals surface area contributed by atoms with Crippen molar-refractivity contribution in [2.24, 2.45) is 5.92 Å². The quantitative estimate of drug-likeness (QED) is 0.200. The van der Waals surface area contributed by atoms with Crippen molar-refractivity contribution in [3.63, 3.8) is 0 Å². The van der Waals surface area contributed by atoms with Crippen LogP contribution in [0.5, 0.6) is 5.75 Å². The van der Waals surface area contributed by atoms with Gasteiger partial charge in [0, 0.05) is 32.0 Å². The third-order valence-electron chi connectivity index (χ3n) is 7.38. The van der Waals surface area contributed by atoms with Gasteiger partial charge in [0.1, 0.15) is 17.8 Å². The number of ether oxygens (including phenoxy) is 2. The zero-order valence-corrected chi connectivity index (χ0v) is 24.6. The Morgan fingerprint density at radius 2 is 1.55 bits per heavy atom. The van der Waals surface area contributed by atoms with Crippen LogP contribution in [0.1, 0.15) is 25.0 Å². The lowest BCUT2D eigenvalue weighted by Gasteiger charge is -2.30. The Labute approximate surface area is 247 Å². The van der Waals surface area contributed by atoms with Crippen LogP contribution in [0.2, 0.25) is 0 Å². The van der Waals surface area contributed by atoms with E-state index in [1.54, 1.807) is 33.1 Å². The van der Waals surface area contributed by atoms with Crippen molar-refractivity contribution in [3.05, 3.63) is 65.7 Å². The molecule has 0 spiro atoms. The van der Waals surface area contributed by atoms with Gasteiger partial charge in [0.15, 0.2) is 0 Å². The van der Waals surface area contributed by atoms with Crippen LogP contribution in [0.15, 0.2) is 54.6 Å². The fourth-order valence-corrected chi connectivity index (χ4v) is 4.73. The molecule has 0 radical (unpaired) electrons. The maximum Gasteiger partial charge on any atom is 0.243 e. The molecule has 2 aromatic rings. The fourth-order valence-electron chi connectivity index (χ4n) is 4.73. The molecule has 0 aliphatic carbocycles. The third kappa shape index (κ3) is 10.4. The van der Waals surface area contributed by atoms with Crippen molar-refractivity contribution in [2.75, 3.05) is 46.6 Å². The summed E-state index contributed by atoms with van der Waals surface area (Å²) in [5, 5.41) is 29.1. The lowest BCUT2D eigenvalue weighted by molar-refractivity contribution is -0.132. The molecule has 1 fully saturated rings. The van der Waals surface area contributed by atoms with E-state index < -0.39 is 42.0 Å². The summed E-state index contributed by atoms with van der Waals surface area (Å²) < 4.78 is 10.5. The molecule has 3 rings (SSSR count). The van der Waals surface area contributed by atoms with Gasteiger partial charge >= 0.3 is 0 Å². The van der Waals surface area contributed by atoms with Crippen molar-refractivity contribution in [3.8, 4) is 5.75 Å². The van der Waals surface area contributed by atoms with Gasteiger partial charge < -0.3 is 35.6 Å². The summed E-state index contributed by atoms with van der Waals surface area (Å²) in [6, 6.07) is 14.0. The fraction of sp³-hybridized carbons (Fsp3) is 0.516. The summed E-state index contributed by atoms with van der Waals surface area (Å²) in [5.74, 6) is -1.13. The first-order valence-electron chi connectivity index (χ1n) is 14.4. The Bertz CT molecular complexity index is 1130. The first-order valence-corrected chi connectivity index (χ1v) is 14.4. The van der Waals surface area contributed by atoms with Crippen LogP contribution < -0.4 is 20.7 Å². The first-order chi connectivity index (χ1) is 20.2. The summed E-state index contributed by atoms with van der Waals surface area (Å²) in [5.41, 5.74) is 1.68. The molecule has 3 amide bonds. The molecule has 1 aliphatic heterocycles. The van der Waals surface area contributed by atoms with Crippen LogP contribution in [0.4, 0.5) is 0 Å². The molecule has 0 bridgehead atoms. The van der Waals surface area contributed by atoms with E-state index in [2.05, 4.69) is 16.0 Å². The van der Waals surface area contributed by atoms with E-state index in [4.69, 9.17) is 9.47 Å². The number of morpholine rings is 1. The highest BCUT2D eigenvalue weighted by Gasteiger charge is 2.31. The number of nitrogens with zero attached hydrogens (tertiary/aromatic N) is 1. The summed E-state index contributed by atoms with van der Waals surface area (Å²) in [6.45, 7) is 5.57. The minimum absolute atomic E-state index is 0.152. The van der Waals surface area contributed by atoms with Crippen LogP contribution >= 0.6 is 0 Å². The molecule has 1 heterocycles. The number of rotatable bonds is 15. The van der Waals surface area contributed by atoms with Gasteiger partial charge in [-0.15, -0.1) is 0 Å². The lowest BCUT2D eigenvalue weighted by Crippen LogP contribution is -2.57. The molecule has 2 aromatic carbocycles. The van der Waals surface area contributed by atoms with Gasteiger partial charge in [-0.05, 0) is 36.6 Å². The van der Waals surface area contributed by atoms with Crippen molar-refractivity contribution in [1.29, 1.82) is 0 Å². The highest BCUT2D eigenvalue weighted by molar-refractivity contribution is 5.92. The SMILES string of the molecule is COc1ccc(C[C@H](NC(=O)[C@@H](C)NC(=O)CN2CCOCC2)C(=O)N[C@@H](Cc2ccccc2)[C@@H](O)[C@H](C)CO)cc1. The number of hydrogen-bond acceptors (Lipinski definition) is 8. The zero-order chi connectivity index (χ0) is 30.5. The molecule has 5 atom stereocenters. The van der Waals surface area contributed by atoms with Gasteiger partial charge in [-0.3, -0.25) is 19.3 Å². The number of aliphatic hydroxyl groups excluding tert-OH is 2. The number of amides is 3. The van der Waals surface area contributed by atoms with Crippen molar-refractivity contribution in [1.82, 2.24) is 20.9 Å². The lowest BCUT2D eigenvalue weighted by atomic mass is 9.92. The van der Waals surface area contributed by atoms with Crippen molar-refractivity contribution in [2.45, 2.75) is 50.9 Å². The van der Waals surface area contributed by atoms with Gasteiger partial charge in [-0.25, -0.2) is 0 Å². The van der Waals surface area contributed by atoms with E-state index in [-0.39, 0.29) is 25.5 Å². The maximum absolute atomic E-state index is 13.7. The second-order valence-corrected chi connectivity index (χ2v) is 10.7. The average molecular weight is 585 g/mol. The number of carbonyl (C=O) groups is 3. The minimum Gasteiger partial charge on any atom is -0.497 e. The largest absolute Gasteiger partial charge is 0.497 e. The van der Waals surface area contributed by atoms with E-state index in [0.29, 0.717) is 38.5 Å². The van der Waals surface area contributed by atoms with Crippen LogP contribution in [0, 0.1) is 5.92 Å². The third-order valence-corrected chi connectivity index (χ3v) is 7.38. The van der Waals surface area contributed by atoms with Crippen LogP contribution in [-0.4, -0.2) is 104 Å². The topological polar surface area (TPSA) is 149 Å². The number of benzene rings is 2. The Balaban J connectivity index is 1.74. The predicted octanol–water partition coefficient (Wildman–Crippen LogP) is 0.276. The van der Waals surface area contributed by atoms with Gasteiger partial charge in [-0.1, -0.05) is 49.4 Å². The molecule has 0 unspecified atom stereocenters. The van der Waals surface area contributed by atoms with Gasteiger partial charge in [0.25, 0.3) is 0 Å². The average Bonchev–Trinajstić information content (AvgIpc) is 3.00. The smallest absolute Gasteiger partial charge is 0.243 e. The second kappa shape index (κ2) is 16.8. The number of nitrogens with one attached hydrogen (secondary N) is 3. The Morgan fingerprint density at radius 3 is 2.17 bits per heavy atom. The first kappa shape index (κ1) is 33.0. The highest BCUT2D eigenvalue weighted by Crippen LogP contribution is 2.15. The molecule has 230 valence electrons. The van der Waals surface area contributed by atoms with Gasteiger partial charge in [-0.2, -0.15) is 0 Å². The van der Waals surface area contributed by atoms with Crippen LogP contribution in [0.25, 0.3) is 0 Å². The molecule has 0 saturated carbocycles. The van der Waals surface area contributed by atoms with Crippen LogP contribution in [-0.2, 0) is 32.0 Å². The standard InChI is InChI=1S/C31H44N4O7/c1-21(20-36)29(38)26(17-23-7-5-4-6-8-23)33-31(40)27(18-24-9-11-25(41-3)12-10-24)34-30(39)22(2)32-28(37)19-35-13-15-42-16-14-35/h4-12,21-22,26-27,29,36,38H,13-20H2,1-3H3,(H,32,37)(H,33,40)(H,34,39)/t21-,22-,26+,27+,29+/m1/s1. The summed E-state index contributed by atoms with van der Waals surface area (Å²) >= 11 is 0. The monoisotopic (exact) mass is 584 g/mol. The second-order valence-electron chi connectivity index (χ2n) is 10.7. The van der Waals surface area contributed by atoms with E-state index >= 15 is 0 Å². The van der Waals surface area contributed by atoms with E-state index in [1.807, 2.05) is 47.4 Å².